The first-order valence-electron chi connectivity index (χ1n) is 6.82. The van der Waals surface area contributed by atoms with Gasteiger partial charge in [0.25, 0.3) is 0 Å². The van der Waals surface area contributed by atoms with E-state index < -0.39 is 0 Å². The van der Waals surface area contributed by atoms with Crippen LogP contribution in [0.5, 0.6) is 5.88 Å². The molecule has 3 nitrogen and oxygen atoms in total. The number of nitrogens with zero attached hydrogens (tertiary/aromatic N) is 2. The van der Waals surface area contributed by atoms with E-state index in [9.17, 15) is 5.11 Å². The van der Waals surface area contributed by atoms with Gasteiger partial charge in [0.15, 0.2) is 3.95 Å². The molecule has 2 heterocycles. The molecule has 0 saturated heterocycles. The third-order valence-corrected chi connectivity index (χ3v) is 4.99. The summed E-state index contributed by atoms with van der Waals surface area (Å²) in [5.41, 5.74) is 5.34. The van der Waals surface area contributed by atoms with Crippen molar-refractivity contribution < 1.29 is 5.11 Å². The number of aliphatic imine (C=N–C) groups is 1. The molecule has 0 spiro atoms. The summed E-state index contributed by atoms with van der Waals surface area (Å²) < 4.78 is 2.43. The highest BCUT2D eigenvalue weighted by Crippen LogP contribution is 2.38. The summed E-state index contributed by atoms with van der Waals surface area (Å²) in [5.74, 6) is 0.244. The van der Waals surface area contributed by atoms with Crippen LogP contribution in [-0.4, -0.2) is 15.4 Å². The van der Waals surface area contributed by atoms with Crippen molar-refractivity contribution in [1.29, 1.82) is 0 Å². The molecule has 0 fully saturated rings. The zero-order valence-corrected chi connectivity index (χ0v) is 13.8. The number of aromatic nitrogens is 1. The molecule has 0 saturated carbocycles. The fraction of sp³-hybridized carbons (Fsp3) is 0.250. The molecule has 21 heavy (non-hydrogen) atoms. The van der Waals surface area contributed by atoms with E-state index in [2.05, 4.69) is 24.0 Å². The van der Waals surface area contributed by atoms with Gasteiger partial charge in [0.1, 0.15) is 0 Å². The smallest absolute Gasteiger partial charge is 0.210 e. The molecule has 0 bridgehead atoms. The number of hydrogen-bond acceptors (Lipinski definition) is 4. The molecule has 3 rings (SSSR count). The highest BCUT2D eigenvalue weighted by molar-refractivity contribution is 7.73. The van der Waals surface area contributed by atoms with Gasteiger partial charge in [-0.2, -0.15) is 0 Å². The monoisotopic (exact) mass is 316 g/mol. The number of allylic oxidation sites excluding steroid dienone is 1. The van der Waals surface area contributed by atoms with Gasteiger partial charge in [-0.1, -0.05) is 11.6 Å². The molecular formula is C16H16N2OS2. The quantitative estimate of drug-likeness (QED) is 0.795. The van der Waals surface area contributed by atoms with Crippen molar-refractivity contribution in [2.75, 3.05) is 0 Å². The van der Waals surface area contributed by atoms with Gasteiger partial charge < -0.3 is 5.11 Å². The average Bonchev–Trinajstić information content (AvgIpc) is 2.88. The molecular weight excluding hydrogens is 300 g/mol. The molecule has 0 unspecified atom stereocenters. The van der Waals surface area contributed by atoms with Crippen LogP contribution in [0, 0.1) is 10.9 Å². The summed E-state index contributed by atoms with van der Waals surface area (Å²) >= 11 is 6.72. The predicted molar refractivity (Wildman–Crippen MR) is 92.3 cm³/mol. The van der Waals surface area contributed by atoms with Crippen LogP contribution < -0.4 is 0 Å². The largest absolute Gasteiger partial charge is 0.493 e. The van der Waals surface area contributed by atoms with Gasteiger partial charge in [-0.15, -0.1) is 11.3 Å². The van der Waals surface area contributed by atoms with E-state index in [0.717, 1.165) is 27.4 Å². The minimum Gasteiger partial charge on any atom is -0.493 e. The lowest BCUT2D eigenvalue weighted by molar-refractivity contribution is 0.419. The summed E-state index contributed by atoms with van der Waals surface area (Å²) in [6, 6.07) is 6.23. The summed E-state index contributed by atoms with van der Waals surface area (Å²) in [7, 11) is 0. The van der Waals surface area contributed by atoms with Crippen LogP contribution in [0.4, 0.5) is 5.69 Å². The van der Waals surface area contributed by atoms with Crippen molar-refractivity contribution in [3.63, 3.8) is 0 Å². The Kier molecular flexibility index (Phi) is 3.55. The summed E-state index contributed by atoms with van der Waals surface area (Å²) in [6.07, 6.45) is 1.99. The third kappa shape index (κ3) is 2.36. The van der Waals surface area contributed by atoms with E-state index in [0.29, 0.717) is 10.5 Å². The molecule has 0 amide bonds. The van der Waals surface area contributed by atoms with Gasteiger partial charge in [-0.05, 0) is 51.2 Å². The van der Waals surface area contributed by atoms with Crippen molar-refractivity contribution in [2.24, 2.45) is 4.99 Å². The Hall–Kier alpha value is -1.72. The number of fused-ring (bicyclic) bond motifs is 1. The van der Waals surface area contributed by atoms with Crippen molar-refractivity contribution >= 4 is 46.6 Å². The molecule has 1 N–H and O–H groups in total. The molecule has 2 aromatic rings. The van der Waals surface area contributed by atoms with Crippen LogP contribution in [0.25, 0.3) is 11.6 Å². The lowest BCUT2D eigenvalue weighted by Gasteiger charge is -2.03. The van der Waals surface area contributed by atoms with E-state index in [-0.39, 0.29) is 5.88 Å². The van der Waals surface area contributed by atoms with Gasteiger partial charge in [-0.25, -0.2) is 0 Å². The minimum atomic E-state index is 0.244. The van der Waals surface area contributed by atoms with E-state index in [4.69, 9.17) is 12.2 Å². The first-order valence-corrected chi connectivity index (χ1v) is 8.04. The van der Waals surface area contributed by atoms with E-state index in [1.807, 2.05) is 26.0 Å². The third-order valence-electron chi connectivity index (χ3n) is 3.61. The molecule has 0 atom stereocenters. The number of aryl methyl sites for hydroxylation is 1. The summed E-state index contributed by atoms with van der Waals surface area (Å²) in [6.45, 7) is 6.71. The zero-order chi connectivity index (χ0) is 15.1. The maximum absolute atomic E-state index is 10.3. The standard InChI is InChI=1S/C16H16N2OS2/c1-4-18-15(19)14(21-16(18)20)8-11-10(3)17-13-6-5-9(2)7-12(11)13/h5-8,19H,4H2,1-3H3. The Morgan fingerprint density at radius 1 is 1.38 bits per heavy atom. The minimum absolute atomic E-state index is 0.244. The molecule has 1 aliphatic rings. The summed E-state index contributed by atoms with van der Waals surface area (Å²) in [4.78, 5) is 5.38. The second-order valence-corrected chi connectivity index (χ2v) is 6.75. The molecule has 1 aromatic heterocycles. The lowest BCUT2D eigenvalue weighted by Crippen LogP contribution is -1.93. The van der Waals surface area contributed by atoms with Gasteiger partial charge in [0, 0.05) is 23.4 Å². The fourth-order valence-corrected chi connectivity index (χ4v) is 3.88. The van der Waals surface area contributed by atoms with Crippen LogP contribution in [-0.2, 0) is 6.54 Å². The van der Waals surface area contributed by atoms with Crippen LogP contribution in [0.15, 0.2) is 23.2 Å². The van der Waals surface area contributed by atoms with E-state index in [1.165, 1.54) is 16.9 Å². The average molecular weight is 316 g/mol. The van der Waals surface area contributed by atoms with Crippen molar-refractivity contribution in [3.8, 4) is 5.88 Å². The number of hydrogen-bond donors (Lipinski definition) is 1. The van der Waals surface area contributed by atoms with E-state index in [1.54, 1.807) is 4.57 Å². The van der Waals surface area contributed by atoms with Crippen molar-refractivity contribution in [1.82, 2.24) is 4.57 Å². The van der Waals surface area contributed by atoms with Crippen molar-refractivity contribution in [2.45, 2.75) is 27.3 Å². The zero-order valence-electron chi connectivity index (χ0n) is 12.2. The second kappa shape index (κ2) is 5.24. The van der Waals surface area contributed by atoms with Crippen LogP contribution in [0.2, 0.25) is 0 Å². The van der Waals surface area contributed by atoms with Gasteiger partial charge in [0.2, 0.25) is 5.88 Å². The molecule has 5 heteroatoms. The molecule has 0 radical (unpaired) electrons. The Labute approximate surface area is 132 Å². The number of aromatic hydroxyl groups is 1. The van der Waals surface area contributed by atoms with Gasteiger partial charge >= 0.3 is 0 Å². The van der Waals surface area contributed by atoms with Crippen molar-refractivity contribution in [3.05, 3.63) is 38.2 Å². The van der Waals surface area contributed by atoms with Crippen LogP contribution in [0.3, 0.4) is 0 Å². The Morgan fingerprint density at radius 3 is 2.81 bits per heavy atom. The summed E-state index contributed by atoms with van der Waals surface area (Å²) in [5, 5.41) is 10.3. The topological polar surface area (TPSA) is 37.5 Å². The molecule has 108 valence electrons. The van der Waals surface area contributed by atoms with Gasteiger partial charge in [0.05, 0.1) is 10.6 Å². The number of benzene rings is 1. The highest BCUT2D eigenvalue weighted by atomic mass is 32.1. The maximum atomic E-state index is 10.3. The predicted octanol–water partition coefficient (Wildman–Crippen LogP) is 4.96. The first kappa shape index (κ1) is 14.2. The van der Waals surface area contributed by atoms with Crippen LogP contribution >= 0.6 is 23.6 Å². The Bertz CT molecular complexity index is 840. The van der Waals surface area contributed by atoms with E-state index >= 15 is 0 Å². The lowest BCUT2D eigenvalue weighted by atomic mass is 10.0. The van der Waals surface area contributed by atoms with Crippen LogP contribution in [0.1, 0.15) is 29.9 Å². The van der Waals surface area contributed by atoms with Gasteiger partial charge in [-0.3, -0.25) is 9.56 Å². The second-order valence-electron chi connectivity index (χ2n) is 5.08. The SMILES string of the molecule is CCn1c(O)c(C=C2C(C)=Nc3ccc(C)cc32)sc1=S. The maximum Gasteiger partial charge on any atom is 0.210 e. The Morgan fingerprint density at radius 2 is 2.14 bits per heavy atom. The number of rotatable bonds is 2. The first-order chi connectivity index (χ1) is 10.0. The normalized spacial score (nSPS) is 15.4. The Balaban J connectivity index is 2.16. The molecule has 0 aliphatic carbocycles. The fourth-order valence-electron chi connectivity index (χ4n) is 2.50. The molecule has 1 aliphatic heterocycles. The highest BCUT2D eigenvalue weighted by Gasteiger charge is 2.19. The molecule has 1 aromatic carbocycles. The number of thiazole rings is 1.